The highest BCUT2D eigenvalue weighted by molar-refractivity contribution is 7.19. The molecule has 0 spiro atoms. The summed E-state index contributed by atoms with van der Waals surface area (Å²) in [5, 5.41) is 13.8. The zero-order valence-electron chi connectivity index (χ0n) is 15.1. The molecule has 0 radical (unpaired) electrons. The van der Waals surface area contributed by atoms with Crippen LogP contribution in [0.3, 0.4) is 0 Å². The molecule has 0 saturated heterocycles. The van der Waals surface area contributed by atoms with E-state index in [1.54, 1.807) is 0 Å². The van der Waals surface area contributed by atoms with Crippen LogP contribution in [0.2, 0.25) is 0 Å². The molecule has 27 heavy (non-hydrogen) atoms. The molecule has 0 amide bonds. The molecular weight excluding hydrogens is 352 g/mol. The van der Waals surface area contributed by atoms with Gasteiger partial charge in [0.15, 0.2) is 0 Å². The number of nitrogens with zero attached hydrogens (tertiary/aromatic N) is 3. The second kappa shape index (κ2) is 7.65. The van der Waals surface area contributed by atoms with Crippen LogP contribution in [-0.2, 0) is 19.5 Å². The van der Waals surface area contributed by atoms with Crippen molar-refractivity contribution in [3.63, 3.8) is 0 Å². The number of imidazole rings is 1. The highest BCUT2D eigenvalue weighted by Crippen LogP contribution is 2.31. The molecule has 4 rings (SSSR count). The van der Waals surface area contributed by atoms with E-state index in [-0.39, 0.29) is 0 Å². The van der Waals surface area contributed by atoms with Gasteiger partial charge < -0.3 is 9.88 Å². The Balaban J connectivity index is 1.50. The molecule has 0 fully saturated rings. The van der Waals surface area contributed by atoms with Crippen molar-refractivity contribution in [3.05, 3.63) is 82.8 Å². The second-order valence-corrected chi connectivity index (χ2v) is 7.63. The van der Waals surface area contributed by atoms with Gasteiger partial charge in [-0.05, 0) is 42.3 Å². The molecule has 0 unspecified atom stereocenters. The molecule has 2 aromatic heterocycles. The Morgan fingerprint density at radius 2 is 2.04 bits per heavy atom. The van der Waals surface area contributed by atoms with Crippen molar-refractivity contribution in [3.8, 4) is 6.07 Å². The minimum absolute atomic E-state index is 0.682. The zero-order chi connectivity index (χ0) is 18.6. The van der Waals surface area contributed by atoms with Gasteiger partial charge in [-0.2, -0.15) is 5.26 Å². The van der Waals surface area contributed by atoms with Gasteiger partial charge in [-0.25, -0.2) is 4.98 Å². The third-order valence-corrected chi connectivity index (χ3v) is 5.90. The Kier molecular flexibility index (Phi) is 4.91. The van der Waals surface area contributed by atoms with Crippen LogP contribution in [0.15, 0.2) is 61.1 Å². The molecule has 0 aliphatic heterocycles. The van der Waals surface area contributed by atoms with E-state index < -0.39 is 0 Å². The Hall–Kier alpha value is -3.10. The predicted octanol–water partition coefficient (Wildman–Crippen LogP) is 5.19. The quantitative estimate of drug-likeness (QED) is 0.506. The van der Waals surface area contributed by atoms with Gasteiger partial charge in [0.1, 0.15) is 0 Å². The van der Waals surface area contributed by atoms with E-state index in [1.165, 1.54) is 15.0 Å². The molecule has 5 heteroatoms. The van der Waals surface area contributed by atoms with Crippen LogP contribution in [0.4, 0.5) is 5.69 Å². The Bertz CT molecular complexity index is 1100. The van der Waals surface area contributed by atoms with Crippen molar-refractivity contribution in [2.45, 2.75) is 26.4 Å². The Labute approximate surface area is 162 Å². The molecule has 0 aliphatic carbocycles. The minimum Gasteiger partial charge on any atom is -0.379 e. The highest BCUT2D eigenvalue weighted by atomic mass is 32.1. The standard InChI is InChI=1S/C22H20N4S/c1-2-19-10-20-21(4-3-5-22(20)27-19)25-13-18-12-24-15-26(18)14-17-8-6-16(11-23)7-9-17/h3-10,12,15,25H,2,13-14H2,1H3. The van der Waals surface area contributed by atoms with Crippen LogP contribution in [0.25, 0.3) is 10.1 Å². The molecule has 1 N–H and O–H groups in total. The SMILES string of the molecule is CCc1cc2c(NCc3cncn3Cc3ccc(C#N)cc3)cccc2s1. The van der Waals surface area contributed by atoms with Gasteiger partial charge in [0.05, 0.1) is 30.2 Å². The van der Waals surface area contributed by atoms with E-state index in [2.05, 4.69) is 52.1 Å². The van der Waals surface area contributed by atoms with Crippen LogP contribution >= 0.6 is 11.3 Å². The van der Waals surface area contributed by atoms with Crippen LogP contribution < -0.4 is 5.32 Å². The summed E-state index contributed by atoms with van der Waals surface area (Å²) in [5.74, 6) is 0. The number of hydrogen-bond acceptors (Lipinski definition) is 4. The normalized spacial score (nSPS) is 10.8. The van der Waals surface area contributed by atoms with Gasteiger partial charge in [0.2, 0.25) is 0 Å². The second-order valence-electron chi connectivity index (χ2n) is 6.46. The maximum absolute atomic E-state index is 8.93. The molecule has 2 heterocycles. The number of anilines is 1. The topological polar surface area (TPSA) is 53.6 Å². The highest BCUT2D eigenvalue weighted by Gasteiger charge is 2.07. The third-order valence-electron chi connectivity index (χ3n) is 4.66. The number of benzene rings is 2. The van der Waals surface area contributed by atoms with Crippen molar-refractivity contribution < 1.29 is 0 Å². The fourth-order valence-corrected chi connectivity index (χ4v) is 4.18. The van der Waals surface area contributed by atoms with E-state index in [0.717, 1.165) is 29.9 Å². The number of aryl methyl sites for hydroxylation is 1. The monoisotopic (exact) mass is 372 g/mol. The maximum atomic E-state index is 8.93. The lowest BCUT2D eigenvalue weighted by atomic mass is 10.1. The van der Waals surface area contributed by atoms with E-state index in [1.807, 2.05) is 48.1 Å². The zero-order valence-corrected chi connectivity index (χ0v) is 16.0. The average Bonchev–Trinajstić information content (AvgIpc) is 3.33. The lowest BCUT2D eigenvalue weighted by molar-refractivity contribution is 0.749. The van der Waals surface area contributed by atoms with Crippen LogP contribution in [0, 0.1) is 11.3 Å². The molecule has 0 bridgehead atoms. The summed E-state index contributed by atoms with van der Waals surface area (Å²) in [5.41, 5.74) is 4.12. The number of aromatic nitrogens is 2. The maximum Gasteiger partial charge on any atom is 0.0991 e. The predicted molar refractivity (Wildman–Crippen MR) is 111 cm³/mol. The molecule has 134 valence electrons. The van der Waals surface area contributed by atoms with E-state index >= 15 is 0 Å². The first-order chi connectivity index (χ1) is 13.3. The van der Waals surface area contributed by atoms with Crippen molar-refractivity contribution in [2.75, 3.05) is 5.32 Å². The molecular formula is C22H20N4S. The summed E-state index contributed by atoms with van der Waals surface area (Å²) >= 11 is 1.86. The van der Waals surface area contributed by atoms with Gasteiger partial charge in [0.25, 0.3) is 0 Å². The van der Waals surface area contributed by atoms with E-state index in [0.29, 0.717) is 12.1 Å². The fourth-order valence-electron chi connectivity index (χ4n) is 3.15. The fraction of sp³-hybridized carbons (Fsp3) is 0.182. The number of fused-ring (bicyclic) bond motifs is 1. The summed E-state index contributed by atoms with van der Waals surface area (Å²) in [6.07, 6.45) is 4.83. The molecule has 0 aliphatic rings. The summed E-state index contributed by atoms with van der Waals surface area (Å²) < 4.78 is 3.46. The molecule has 4 aromatic rings. The lowest BCUT2D eigenvalue weighted by Crippen LogP contribution is -2.08. The third kappa shape index (κ3) is 3.71. The summed E-state index contributed by atoms with van der Waals surface area (Å²) in [4.78, 5) is 5.72. The van der Waals surface area contributed by atoms with E-state index in [9.17, 15) is 0 Å². The van der Waals surface area contributed by atoms with Gasteiger partial charge in [-0.1, -0.05) is 25.1 Å². The smallest absolute Gasteiger partial charge is 0.0991 e. The van der Waals surface area contributed by atoms with Gasteiger partial charge >= 0.3 is 0 Å². The summed E-state index contributed by atoms with van der Waals surface area (Å²) in [6.45, 7) is 3.65. The van der Waals surface area contributed by atoms with Gasteiger partial charge in [0, 0.05) is 33.4 Å². The molecule has 2 aromatic carbocycles. The van der Waals surface area contributed by atoms with E-state index in [4.69, 9.17) is 5.26 Å². The lowest BCUT2D eigenvalue weighted by Gasteiger charge is -2.11. The van der Waals surface area contributed by atoms with Crippen LogP contribution in [-0.4, -0.2) is 9.55 Å². The van der Waals surface area contributed by atoms with Crippen LogP contribution in [0.1, 0.15) is 28.6 Å². The summed E-state index contributed by atoms with van der Waals surface area (Å²) in [6, 6.07) is 18.6. The Morgan fingerprint density at radius 3 is 2.81 bits per heavy atom. The van der Waals surface area contributed by atoms with Crippen LogP contribution in [0.5, 0.6) is 0 Å². The molecule has 0 atom stereocenters. The average molecular weight is 372 g/mol. The first-order valence-corrected chi connectivity index (χ1v) is 9.82. The molecule has 4 nitrogen and oxygen atoms in total. The van der Waals surface area contributed by atoms with Crippen molar-refractivity contribution in [1.82, 2.24) is 9.55 Å². The van der Waals surface area contributed by atoms with Gasteiger partial charge in [-0.3, -0.25) is 0 Å². The number of nitriles is 1. The van der Waals surface area contributed by atoms with Crippen molar-refractivity contribution in [2.24, 2.45) is 0 Å². The molecule has 0 saturated carbocycles. The van der Waals surface area contributed by atoms with Gasteiger partial charge in [-0.15, -0.1) is 11.3 Å². The number of rotatable bonds is 6. The number of hydrogen-bond donors (Lipinski definition) is 1. The summed E-state index contributed by atoms with van der Waals surface area (Å²) in [7, 11) is 0. The first kappa shape index (κ1) is 17.3. The number of thiophene rings is 1. The Morgan fingerprint density at radius 1 is 1.19 bits per heavy atom. The largest absolute Gasteiger partial charge is 0.379 e. The van der Waals surface area contributed by atoms with Crippen molar-refractivity contribution in [1.29, 1.82) is 5.26 Å². The first-order valence-electron chi connectivity index (χ1n) is 9.00. The van der Waals surface area contributed by atoms with Crippen molar-refractivity contribution >= 4 is 27.1 Å². The number of nitrogens with one attached hydrogen (secondary N) is 1. The minimum atomic E-state index is 0.682.